The average Bonchev–Trinajstić information content (AvgIpc) is 3.25. The Labute approximate surface area is 158 Å². The Morgan fingerprint density at radius 2 is 1.63 bits per heavy atom. The van der Waals surface area contributed by atoms with Crippen molar-refractivity contribution in [1.29, 1.82) is 0 Å². The van der Waals surface area contributed by atoms with Crippen LogP contribution in [0.3, 0.4) is 0 Å². The normalized spacial score (nSPS) is 24.0. The number of halogens is 1. The minimum atomic E-state index is -0.881. The average molecular weight is 366 g/mol. The van der Waals surface area contributed by atoms with E-state index in [2.05, 4.69) is 0 Å². The Morgan fingerprint density at radius 1 is 1.00 bits per heavy atom. The third-order valence-corrected chi connectivity index (χ3v) is 6.01. The number of nitrogens with zero attached hydrogens (tertiary/aromatic N) is 2. The standard InChI is InChI=1S/C22H23FN2O2/c1-21(2)15-22(21,17-10-6-7-11-18(17)23)20(27)24-12-13-25(19(26)14-24)16-8-4-3-5-9-16/h3-11H,12-15H2,1-2H3. The van der Waals surface area contributed by atoms with E-state index < -0.39 is 5.41 Å². The van der Waals surface area contributed by atoms with E-state index in [0.717, 1.165) is 5.69 Å². The Morgan fingerprint density at radius 3 is 2.22 bits per heavy atom. The molecule has 4 nitrogen and oxygen atoms in total. The second-order valence-electron chi connectivity index (χ2n) is 8.05. The van der Waals surface area contributed by atoms with E-state index in [1.807, 2.05) is 44.2 Å². The van der Waals surface area contributed by atoms with Gasteiger partial charge in [-0.05, 0) is 30.0 Å². The first-order chi connectivity index (χ1) is 12.9. The molecule has 0 aromatic heterocycles. The molecular weight excluding hydrogens is 343 g/mol. The van der Waals surface area contributed by atoms with E-state index in [4.69, 9.17) is 0 Å². The molecule has 2 aromatic rings. The molecule has 2 fully saturated rings. The Balaban J connectivity index is 1.58. The van der Waals surface area contributed by atoms with Gasteiger partial charge in [-0.15, -0.1) is 0 Å². The van der Waals surface area contributed by atoms with Crippen LogP contribution < -0.4 is 4.90 Å². The monoisotopic (exact) mass is 366 g/mol. The van der Waals surface area contributed by atoms with Gasteiger partial charge in [-0.3, -0.25) is 9.59 Å². The van der Waals surface area contributed by atoms with Gasteiger partial charge in [0.05, 0.1) is 5.41 Å². The van der Waals surface area contributed by atoms with Crippen molar-refractivity contribution in [1.82, 2.24) is 4.90 Å². The topological polar surface area (TPSA) is 40.6 Å². The number of rotatable bonds is 3. The molecule has 2 aliphatic rings. The fraction of sp³-hybridized carbons (Fsp3) is 0.364. The van der Waals surface area contributed by atoms with Gasteiger partial charge in [-0.1, -0.05) is 50.2 Å². The van der Waals surface area contributed by atoms with E-state index in [1.54, 1.807) is 28.0 Å². The van der Waals surface area contributed by atoms with Crippen molar-refractivity contribution in [2.24, 2.45) is 5.41 Å². The number of hydrogen-bond donors (Lipinski definition) is 0. The van der Waals surface area contributed by atoms with Gasteiger partial charge in [0, 0.05) is 24.3 Å². The van der Waals surface area contributed by atoms with Crippen LogP contribution in [0.25, 0.3) is 0 Å². The number of carbonyl (C=O) groups is 2. The van der Waals surface area contributed by atoms with Gasteiger partial charge in [0.1, 0.15) is 12.4 Å². The highest BCUT2D eigenvalue weighted by Gasteiger charge is 2.69. The fourth-order valence-electron chi connectivity index (χ4n) is 4.36. The van der Waals surface area contributed by atoms with Gasteiger partial charge in [0.15, 0.2) is 0 Å². The smallest absolute Gasteiger partial charge is 0.246 e. The molecule has 0 N–H and O–H groups in total. The largest absolute Gasteiger partial charge is 0.331 e. The fourth-order valence-corrected chi connectivity index (χ4v) is 4.36. The number of piperazine rings is 1. The van der Waals surface area contributed by atoms with Gasteiger partial charge >= 0.3 is 0 Å². The Kier molecular flexibility index (Phi) is 4.06. The number of para-hydroxylation sites is 1. The first kappa shape index (κ1) is 17.7. The van der Waals surface area contributed by atoms with Gasteiger partial charge in [-0.2, -0.15) is 0 Å². The summed E-state index contributed by atoms with van der Waals surface area (Å²) in [6.07, 6.45) is 0.590. The van der Waals surface area contributed by atoms with Gasteiger partial charge in [-0.25, -0.2) is 4.39 Å². The summed E-state index contributed by atoms with van der Waals surface area (Å²) in [5.41, 5.74) is 0.0718. The molecule has 1 heterocycles. The third-order valence-electron chi connectivity index (χ3n) is 6.01. The lowest BCUT2D eigenvalue weighted by Gasteiger charge is -2.37. The van der Waals surface area contributed by atoms with E-state index in [0.29, 0.717) is 25.1 Å². The predicted molar refractivity (Wildman–Crippen MR) is 102 cm³/mol. The summed E-state index contributed by atoms with van der Waals surface area (Å²) in [6, 6.07) is 16.0. The van der Waals surface area contributed by atoms with E-state index in [1.165, 1.54) is 6.07 Å². The van der Waals surface area contributed by atoms with Crippen LogP contribution in [0, 0.1) is 11.2 Å². The quantitative estimate of drug-likeness (QED) is 0.836. The maximum atomic E-state index is 14.5. The maximum Gasteiger partial charge on any atom is 0.246 e. The molecule has 0 bridgehead atoms. The zero-order valence-electron chi connectivity index (χ0n) is 15.6. The second kappa shape index (κ2) is 6.19. The zero-order valence-corrected chi connectivity index (χ0v) is 15.6. The number of hydrogen-bond acceptors (Lipinski definition) is 2. The summed E-state index contributed by atoms with van der Waals surface area (Å²) in [7, 11) is 0. The molecule has 1 saturated heterocycles. The van der Waals surface area contributed by atoms with E-state index in [-0.39, 0.29) is 29.6 Å². The van der Waals surface area contributed by atoms with E-state index in [9.17, 15) is 14.0 Å². The molecule has 2 amide bonds. The van der Waals surface area contributed by atoms with Crippen LogP contribution in [-0.4, -0.2) is 36.3 Å². The molecule has 5 heteroatoms. The number of carbonyl (C=O) groups excluding carboxylic acids is 2. The highest BCUT2D eigenvalue weighted by molar-refractivity contribution is 6.01. The lowest BCUT2D eigenvalue weighted by Crippen LogP contribution is -2.55. The van der Waals surface area contributed by atoms with Crippen molar-refractivity contribution in [3.63, 3.8) is 0 Å². The molecule has 140 valence electrons. The van der Waals surface area contributed by atoms with Crippen LogP contribution in [0.4, 0.5) is 10.1 Å². The van der Waals surface area contributed by atoms with Crippen molar-refractivity contribution >= 4 is 17.5 Å². The molecule has 1 unspecified atom stereocenters. The number of benzene rings is 2. The van der Waals surface area contributed by atoms with Gasteiger partial charge in [0.25, 0.3) is 0 Å². The first-order valence-electron chi connectivity index (χ1n) is 9.27. The molecule has 2 aromatic carbocycles. The highest BCUT2D eigenvalue weighted by Crippen LogP contribution is 2.65. The summed E-state index contributed by atoms with van der Waals surface area (Å²) in [5.74, 6) is -0.604. The Hall–Kier alpha value is -2.69. The van der Waals surface area contributed by atoms with Crippen LogP contribution in [0.2, 0.25) is 0 Å². The lowest BCUT2D eigenvalue weighted by atomic mass is 9.86. The molecule has 4 rings (SSSR count). The summed E-state index contributed by atoms with van der Waals surface area (Å²) in [5, 5.41) is 0. The van der Waals surface area contributed by atoms with Crippen molar-refractivity contribution in [2.75, 3.05) is 24.5 Å². The second-order valence-corrected chi connectivity index (χ2v) is 8.05. The molecule has 0 spiro atoms. The summed E-state index contributed by atoms with van der Waals surface area (Å²) >= 11 is 0. The predicted octanol–water partition coefficient (Wildman–Crippen LogP) is 3.37. The molecule has 27 heavy (non-hydrogen) atoms. The molecule has 1 aliphatic carbocycles. The third kappa shape index (κ3) is 2.73. The number of anilines is 1. The van der Waals surface area contributed by atoms with Crippen molar-refractivity contribution < 1.29 is 14.0 Å². The van der Waals surface area contributed by atoms with Crippen LogP contribution >= 0.6 is 0 Å². The van der Waals surface area contributed by atoms with E-state index >= 15 is 0 Å². The molecule has 1 atom stereocenters. The molecular formula is C22H23FN2O2. The highest BCUT2D eigenvalue weighted by atomic mass is 19.1. The molecule has 1 saturated carbocycles. The summed E-state index contributed by atoms with van der Waals surface area (Å²) in [6.45, 7) is 4.90. The van der Waals surface area contributed by atoms with Crippen molar-refractivity contribution in [2.45, 2.75) is 25.7 Å². The minimum Gasteiger partial charge on any atom is -0.331 e. The zero-order chi connectivity index (χ0) is 19.2. The number of amides is 2. The minimum absolute atomic E-state index is 0.0278. The van der Waals surface area contributed by atoms with Crippen LogP contribution in [0.1, 0.15) is 25.8 Å². The summed E-state index contributed by atoms with van der Waals surface area (Å²) in [4.78, 5) is 29.4. The maximum absolute atomic E-state index is 14.5. The molecule has 0 radical (unpaired) electrons. The SMILES string of the molecule is CC1(C)CC1(C(=O)N1CCN(c2ccccc2)C(=O)C1)c1ccccc1F. The van der Waals surface area contributed by atoms with Crippen molar-refractivity contribution in [3.8, 4) is 0 Å². The van der Waals surface area contributed by atoms with Gasteiger partial charge in [0.2, 0.25) is 11.8 Å². The van der Waals surface area contributed by atoms with Crippen LogP contribution in [-0.2, 0) is 15.0 Å². The lowest BCUT2D eigenvalue weighted by molar-refractivity contribution is -0.139. The van der Waals surface area contributed by atoms with Crippen LogP contribution in [0.5, 0.6) is 0 Å². The van der Waals surface area contributed by atoms with Crippen LogP contribution in [0.15, 0.2) is 54.6 Å². The first-order valence-corrected chi connectivity index (χ1v) is 9.27. The Bertz CT molecular complexity index is 896. The molecule has 1 aliphatic heterocycles. The van der Waals surface area contributed by atoms with Gasteiger partial charge < -0.3 is 9.80 Å². The van der Waals surface area contributed by atoms with Crippen molar-refractivity contribution in [3.05, 3.63) is 66.0 Å². The summed E-state index contributed by atoms with van der Waals surface area (Å²) < 4.78 is 14.5.